The van der Waals surface area contributed by atoms with Crippen molar-refractivity contribution in [2.24, 2.45) is 11.1 Å². The summed E-state index contributed by atoms with van der Waals surface area (Å²) in [5.74, 6) is 0. The van der Waals surface area contributed by atoms with Gasteiger partial charge in [0.2, 0.25) is 0 Å². The van der Waals surface area contributed by atoms with E-state index in [4.69, 9.17) is 5.73 Å². The fourth-order valence-corrected chi connectivity index (χ4v) is 1.69. The lowest BCUT2D eigenvalue weighted by Gasteiger charge is -2.31. The van der Waals surface area contributed by atoms with Gasteiger partial charge in [0.25, 0.3) is 0 Å². The highest BCUT2D eigenvalue weighted by molar-refractivity contribution is 5.08. The average Bonchev–Trinajstić information content (AvgIpc) is 2.49. The average molecular weight is 141 g/mol. The van der Waals surface area contributed by atoms with Gasteiger partial charge in [0.1, 0.15) is 0 Å². The number of nitrogens with two attached hydrogens (primary N) is 1. The van der Waals surface area contributed by atoms with Crippen molar-refractivity contribution in [2.75, 3.05) is 0 Å². The summed E-state index contributed by atoms with van der Waals surface area (Å²) in [5, 5.41) is 0. The molecule has 2 N–H and O–H groups in total. The second-order valence-corrected chi connectivity index (χ2v) is 4.29. The van der Waals surface area contributed by atoms with Crippen LogP contribution in [0.4, 0.5) is 0 Å². The van der Waals surface area contributed by atoms with Crippen molar-refractivity contribution in [3.8, 4) is 0 Å². The van der Waals surface area contributed by atoms with Crippen LogP contribution in [-0.2, 0) is 0 Å². The zero-order chi connectivity index (χ0) is 7.83. The Balaban J connectivity index is 2.50. The van der Waals surface area contributed by atoms with Crippen LogP contribution in [0.1, 0.15) is 46.5 Å². The summed E-state index contributed by atoms with van der Waals surface area (Å²) in [6.45, 7) is 6.82. The molecule has 0 aromatic heterocycles. The first-order valence-corrected chi connectivity index (χ1v) is 4.31. The third-order valence-corrected chi connectivity index (χ3v) is 3.01. The lowest BCUT2D eigenvalue weighted by Crippen LogP contribution is -2.39. The predicted molar refractivity (Wildman–Crippen MR) is 44.8 cm³/mol. The number of hydrogen-bond acceptors (Lipinski definition) is 1. The van der Waals surface area contributed by atoms with Gasteiger partial charge in [-0.2, -0.15) is 0 Å². The molecule has 0 unspecified atom stereocenters. The van der Waals surface area contributed by atoms with Crippen LogP contribution in [0.15, 0.2) is 0 Å². The van der Waals surface area contributed by atoms with Crippen molar-refractivity contribution in [1.82, 2.24) is 0 Å². The monoisotopic (exact) mass is 141 g/mol. The van der Waals surface area contributed by atoms with Crippen LogP contribution >= 0.6 is 0 Å². The SMILES string of the molecule is CCCC(C)(C)C1(N)CC1. The topological polar surface area (TPSA) is 26.0 Å². The largest absolute Gasteiger partial charge is 0.325 e. The summed E-state index contributed by atoms with van der Waals surface area (Å²) < 4.78 is 0. The highest BCUT2D eigenvalue weighted by Crippen LogP contribution is 2.49. The minimum Gasteiger partial charge on any atom is -0.325 e. The highest BCUT2D eigenvalue weighted by Gasteiger charge is 2.50. The van der Waals surface area contributed by atoms with E-state index in [1.807, 2.05) is 0 Å². The normalized spacial score (nSPS) is 22.8. The maximum absolute atomic E-state index is 6.11. The zero-order valence-electron chi connectivity index (χ0n) is 7.41. The Hall–Kier alpha value is -0.0400. The standard InChI is InChI=1S/C9H19N/c1-4-5-8(2,3)9(10)6-7-9/h4-7,10H2,1-3H3. The number of hydrogen-bond donors (Lipinski definition) is 1. The van der Waals surface area contributed by atoms with Gasteiger partial charge in [0.15, 0.2) is 0 Å². The first-order chi connectivity index (χ1) is 4.52. The van der Waals surface area contributed by atoms with E-state index >= 15 is 0 Å². The summed E-state index contributed by atoms with van der Waals surface area (Å²) in [6, 6.07) is 0. The molecule has 0 atom stereocenters. The first kappa shape index (κ1) is 8.06. The maximum atomic E-state index is 6.11. The molecule has 0 heterocycles. The van der Waals surface area contributed by atoms with Gasteiger partial charge in [0, 0.05) is 5.54 Å². The molecule has 0 amide bonds. The molecule has 1 aliphatic carbocycles. The second kappa shape index (κ2) is 2.23. The van der Waals surface area contributed by atoms with Crippen LogP contribution in [0.5, 0.6) is 0 Å². The van der Waals surface area contributed by atoms with Gasteiger partial charge in [0.05, 0.1) is 0 Å². The number of rotatable bonds is 3. The van der Waals surface area contributed by atoms with Crippen molar-refractivity contribution in [3.05, 3.63) is 0 Å². The Morgan fingerprint density at radius 3 is 2.20 bits per heavy atom. The van der Waals surface area contributed by atoms with Crippen molar-refractivity contribution >= 4 is 0 Å². The van der Waals surface area contributed by atoms with Crippen LogP contribution < -0.4 is 5.73 Å². The molecule has 0 bridgehead atoms. The minimum absolute atomic E-state index is 0.197. The van der Waals surface area contributed by atoms with Gasteiger partial charge in [-0.05, 0) is 24.7 Å². The smallest absolute Gasteiger partial charge is 0.0207 e. The lowest BCUT2D eigenvalue weighted by molar-refractivity contribution is 0.242. The molecule has 0 aromatic rings. The molecule has 0 aromatic carbocycles. The van der Waals surface area contributed by atoms with Gasteiger partial charge in [-0.3, -0.25) is 0 Å². The molecule has 0 saturated heterocycles. The molecule has 1 heteroatoms. The van der Waals surface area contributed by atoms with Crippen LogP contribution in [0.2, 0.25) is 0 Å². The minimum atomic E-state index is 0.197. The summed E-state index contributed by atoms with van der Waals surface area (Å²) in [7, 11) is 0. The van der Waals surface area contributed by atoms with E-state index < -0.39 is 0 Å². The molecular formula is C9H19N. The summed E-state index contributed by atoms with van der Waals surface area (Å²) >= 11 is 0. The molecule has 1 saturated carbocycles. The Labute approximate surface area is 64.0 Å². The molecule has 1 aliphatic rings. The van der Waals surface area contributed by atoms with E-state index in [0.29, 0.717) is 5.41 Å². The maximum Gasteiger partial charge on any atom is 0.0207 e. The lowest BCUT2D eigenvalue weighted by atomic mass is 9.78. The molecule has 0 aliphatic heterocycles. The Kier molecular flexibility index (Phi) is 1.80. The van der Waals surface area contributed by atoms with E-state index in [1.54, 1.807) is 0 Å². The molecule has 1 fully saturated rings. The van der Waals surface area contributed by atoms with E-state index in [1.165, 1.54) is 25.7 Å². The Morgan fingerprint density at radius 2 is 1.90 bits per heavy atom. The van der Waals surface area contributed by atoms with Crippen LogP contribution in [0, 0.1) is 5.41 Å². The quantitative estimate of drug-likeness (QED) is 0.641. The van der Waals surface area contributed by atoms with Crippen molar-refractivity contribution in [1.29, 1.82) is 0 Å². The Bertz CT molecular complexity index is 123. The molecule has 0 radical (unpaired) electrons. The van der Waals surface area contributed by atoms with Gasteiger partial charge >= 0.3 is 0 Å². The predicted octanol–water partition coefficient (Wildman–Crippen LogP) is 2.30. The van der Waals surface area contributed by atoms with E-state index in [2.05, 4.69) is 20.8 Å². The zero-order valence-corrected chi connectivity index (χ0v) is 7.41. The van der Waals surface area contributed by atoms with Crippen molar-refractivity contribution < 1.29 is 0 Å². The third kappa shape index (κ3) is 1.20. The van der Waals surface area contributed by atoms with Gasteiger partial charge in [-0.25, -0.2) is 0 Å². The van der Waals surface area contributed by atoms with E-state index in [0.717, 1.165) is 0 Å². The molecule has 60 valence electrons. The fourth-order valence-electron chi connectivity index (χ4n) is 1.69. The summed E-state index contributed by atoms with van der Waals surface area (Å²) in [6.07, 6.45) is 5.00. The molecular weight excluding hydrogens is 122 g/mol. The van der Waals surface area contributed by atoms with Gasteiger partial charge in [-0.15, -0.1) is 0 Å². The van der Waals surface area contributed by atoms with Gasteiger partial charge < -0.3 is 5.73 Å². The van der Waals surface area contributed by atoms with Crippen LogP contribution in [0.3, 0.4) is 0 Å². The molecule has 1 rings (SSSR count). The summed E-state index contributed by atoms with van der Waals surface area (Å²) in [4.78, 5) is 0. The third-order valence-electron chi connectivity index (χ3n) is 3.01. The van der Waals surface area contributed by atoms with E-state index in [9.17, 15) is 0 Å². The Morgan fingerprint density at radius 1 is 1.40 bits per heavy atom. The molecule has 0 spiro atoms. The van der Waals surface area contributed by atoms with Crippen LogP contribution in [-0.4, -0.2) is 5.54 Å². The van der Waals surface area contributed by atoms with Crippen molar-refractivity contribution in [2.45, 2.75) is 52.0 Å². The van der Waals surface area contributed by atoms with Crippen LogP contribution in [0.25, 0.3) is 0 Å². The fraction of sp³-hybridized carbons (Fsp3) is 1.00. The van der Waals surface area contributed by atoms with Crippen molar-refractivity contribution in [3.63, 3.8) is 0 Å². The van der Waals surface area contributed by atoms with E-state index in [-0.39, 0.29) is 5.54 Å². The first-order valence-electron chi connectivity index (χ1n) is 4.31. The molecule has 1 nitrogen and oxygen atoms in total. The summed E-state index contributed by atoms with van der Waals surface area (Å²) in [5.41, 5.74) is 6.68. The van der Waals surface area contributed by atoms with Gasteiger partial charge in [-0.1, -0.05) is 27.2 Å². The molecule has 10 heavy (non-hydrogen) atoms. The second-order valence-electron chi connectivity index (χ2n) is 4.29. The highest BCUT2D eigenvalue weighted by atomic mass is 14.9.